The molecule has 0 heterocycles. The fraction of sp³-hybridized carbons (Fsp3) is 0.714. The number of ketones is 2. The van der Waals surface area contributed by atoms with Crippen LogP contribution in [0.25, 0.3) is 0 Å². The van der Waals surface area contributed by atoms with Crippen molar-refractivity contribution in [2.24, 2.45) is 0 Å². The largest absolute Gasteiger partial charge is 0.412 e. The van der Waals surface area contributed by atoms with Crippen LogP contribution in [-0.2, 0) is 28.1 Å². The number of rotatable bonds is 3. The van der Waals surface area contributed by atoms with Crippen molar-refractivity contribution in [3.8, 4) is 0 Å². The normalized spacial score (nSPS) is 6.77. The molecule has 0 saturated heterocycles. The fourth-order valence-corrected chi connectivity index (χ4v) is 0.351. The van der Waals surface area contributed by atoms with Crippen molar-refractivity contribution in [3.63, 3.8) is 0 Å². The van der Waals surface area contributed by atoms with Gasteiger partial charge in [-0.2, -0.15) is 0 Å². The molecule has 13 heavy (non-hydrogen) atoms. The summed E-state index contributed by atoms with van der Waals surface area (Å²) in [6.07, 6.45) is 0.0833. The Balaban J connectivity index is -0.0000000600. The molecule has 6 heteroatoms. The van der Waals surface area contributed by atoms with E-state index in [1.807, 2.05) is 0 Å². The average molecular weight is 231 g/mol. The predicted octanol–water partition coefficient (Wildman–Crippen LogP) is -1.30. The summed E-state index contributed by atoms with van der Waals surface area (Å²) in [5.41, 5.74) is 0. The predicted molar refractivity (Wildman–Crippen MR) is 43.8 cm³/mol. The molecule has 0 fully saturated rings. The molecule has 0 aromatic carbocycles. The molecule has 0 amide bonds. The fourth-order valence-electron chi connectivity index (χ4n) is 0.351. The van der Waals surface area contributed by atoms with E-state index in [1.165, 1.54) is 13.8 Å². The topological polar surface area (TPSA) is 106 Å². The standard InChI is InChI=1S/C5H8O2.C2H6O2.H2O.V/c1-4(6)3-5(2)7;3-1-2-4;;/h3H2,1-2H3;3-4H,1-2H2;1H2;. The Hall–Kier alpha value is -0.196. The van der Waals surface area contributed by atoms with E-state index >= 15 is 0 Å². The van der Waals surface area contributed by atoms with Crippen molar-refractivity contribution in [3.05, 3.63) is 0 Å². The van der Waals surface area contributed by atoms with E-state index in [2.05, 4.69) is 0 Å². The first-order valence-electron chi connectivity index (χ1n) is 3.25. The smallest absolute Gasteiger partial charge is 0.137 e. The maximum Gasteiger partial charge on any atom is 0.137 e. The molecule has 0 saturated carbocycles. The van der Waals surface area contributed by atoms with Gasteiger partial charge < -0.3 is 15.7 Å². The number of hydrogen-bond donors (Lipinski definition) is 2. The quantitative estimate of drug-likeness (QED) is 0.588. The second kappa shape index (κ2) is 17.8. The van der Waals surface area contributed by atoms with Crippen LogP contribution < -0.4 is 0 Å². The van der Waals surface area contributed by atoms with Crippen LogP contribution in [0, 0.1) is 0 Å². The van der Waals surface area contributed by atoms with Crippen molar-refractivity contribution in [1.82, 2.24) is 0 Å². The third-order valence-corrected chi connectivity index (χ3v) is 0.598. The van der Waals surface area contributed by atoms with Crippen molar-refractivity contribution < 1.29 is 43.8 Å². The third-order valence-electron chi connectivity index (χ3n) is 0.598. The number of carbonyl (C=O) groups is 2. The number of aliphatic hydroxyl groups is 2. The molecule has 1 radical (unpaired) electrons. The Labute approximate surface area is 89.3 Å². The zero-order chi connectivity index (χ0) is 9.28. The van der Waals surface area contributed by atoms with Gasteiger partial charge >= 0.3 is 0 Å². The molecule has 0 aliphatic heterocycles. The maximum atomic E-state index is 10.0. The van der Waals surface area contributed by atoms with Crippen LogP contribution in [0.1, 0.15) is 20.3 Å². The van der Waals surface area contributed by atoms with Gasteiger partial charge in [0, 0.05) is 18.6 Å². The first-order valence-corrected chi connectivity index (χ1v) is 3.25. The van der Waals surface area contributed by atoms with Gasteiger partial charge in [-0.15, -0.1) is 0 Å². The van der Waals surface area contributed by atoms with Gasteiger partial charge in [-0.3, -0.25) is 9.59 Å². The summed E-state index contributed by atoms with van der Waals surface area (Å²) >= 11 is 0. The summed E-state index contributed by atoms with van der Waals surface area (Å²) in [4.78, 5) is 20.1. The summed E-state index contributed by atoms with van der Waals surface area (Å²) in [7, 11) is 0. The summed E-state index contributed by atoms with van der Waals surface area (Å²) in [5, 5.41) is 15.2. The van der Waals surface area contributed by atoms with E-state index in [0.717, 1.165) is 0 Å². The second-order valence-corrected chi connectivity index (χ2v) is 2.03. The molecule has 4 N–H and O–H groups in total. The molecule has 0 bridgehead atoms. The van der Waals surface area contributed by atoms with E-state index in [-0.39, 0.29) is 55.2 Å². The maximum absolute atomic E-state index is 10.0. The zero-order valence-electron chi connectivity index (χ0n) is 7.78. The summed E-state index contributed by atoms with van der Waals surface area (Å²) in [6, 6.07) is 0. The van der Waals surface area contributed by atoms with Crippen molar-refractivity contribution in [1.29, 1.82) is 0 Å². The SMILES string of the molecule is CC(=O)CC(C)=O.O.OCCO.[V]. The zero-order valence-corrected chi connectivity index (χ0v) is 9.18. The minimum atomic E-state index is -0.125. The van der Waals surface area contributed by atoms with Gasteiger partial charge in [-0.25, -0.2) is 0 Å². The first-order chi connectivity index (χ1) is 5.04. The molecule has 79 valence electrons. The minimum Gasteiger partial charge on any atom is -0.412 e. The van der Waals surface area contributed by atoms with Gasteiger partial charge in [0.2, 0.25) is 0 Å². The van der Waals surface area contributed by atoms with Crippen LogP contribution in [0.4, 0.5) is 0 Å². The Morgan fingerprint density at radius 2 is 1.23 bits per heavy atom. The van der Waals surface area contributed by atoms with Gasteiger partial charge in [0.05, 0.1) is 19.6 Å². The molecular formula is C7H16O5V. The van der Waals surface area contributed by atoms with E-state index in [1.54, 1.807) is 0 Å². The van der Waals surface area contributed by atoms with Gasteiger partial charge in [0.15, 0.2) is 0 Å². The van der Waals surface area contributed by atoms with Gasteiger partial charge in [0.25, 0.3) is 0 Å². The van der Waals surface area contributed by atoms with Crippen molar-refractivity contribution >= 4 is 11.6 Å². The molecule has 5 nitrogen and oxygen atoms in total. The van der Waals surface area contributed by atoms with E-state index in [9.17, 15) is 9.59 Å². The van der Waals surface area contributed by atoms with E-state index < -0.39 is 0 Å². The average Bonchev–Trinajstić information content (AvgIpc) is 1.85. The molecule has 0 rings (SSSR count). The van der Waals surface area contributed by atoms with Crippen LogP contribution >= 0.6 is 0 Å². The Bertz CT molecular complexity index is 112. The third kappa shape index (κ3) is 49.2. The second-order valence-electron chi connectivity index (χ2n) is 2.03. The first kappa shape index (κ1) is 23.0. The van der Waals surface area contributed by atoms with Crippen LogP contribution in [0.2, 0.25) is 0 Å². The molecule has 0 unspecified atom stereocenters. The monoisotopic (exact) mass is 231 g/mol. The summed E-state index contributed by atoms with van der Waals surface area (Å²) in [5.74, 6) is -0.125. The Morgan fingerprint density at radius 3 is 1.23 bits per heavy atom. The van der Waals surface area contributed by atoms with E-state index in [0.29, 0.717) is 0 Å². The summed E-state index contributed by atoms with van der Waals surface area (Å²) in [6.45, 7) is 2.56. The molecule has 0 atom stereocenters. The Kier molecular flexibility index (Phi) is 31.5. The van der Waals surface area contributed by atoms with Crippen LogP contribution in [0.3, 0.4) is 0 Å². The minimum absolute atomic E-state index is 0. The van der Waals surface area contributed by atoms with Gasteiger partial charge in [0.1, 0.15) is 11.6 Å². The molecule has 0 aliphatic carbocycles. The number of carbonyl (C=O) groups excluding carboxylic acids is 2. The van der Waals surface area contributed by atoms with Gasteiger partial charge in [-0.1, -0.05) is 0 Å². The van der Waals surface area contributed by atoms with Crippen LogP contribution in [0.5, 0.6) is 0 Å². The molecule has 0 aromatic heterocycles. The molecule has 0 aliphatic rings. The molecule has 0 aromatic rings. The van der Waals surface area contributed by atoms with Crippen molar-refractivity contribution in [2.45, 2.75) is 20.3 Å². The van der Waals surface area contributed by atoms with Crippen molar-refractivity contribution in [2.75, 3.05) is 13.2 Å². The Morgan fingerprint density at radius 1 is 1.00 bits per heavy atom. The van der Waals surface area contributed by atoms with Crippen LogP contribution in [0.15, 0.2) is 0 Å². The molecule has 0 spiro atoms. The van der Waals surface area contributed by atoms with Crippen LogP contribution in [-0.4, -0.2) is 40.5 Å². The number of hydrogen-bond acceptors (Lipinski definition) is 4. The number of Topliss-reactive ketones (excluding diaryl/α,β-unsaturated/α-hetero) is 2. The summed E-state index contributed by atoms with van der Waals surface area (Å²) < 4.78 is 0. The van der Waals surface area contributed by atoms with Gasteiger partial charge in [-0.05, 0) is 13.8 Å². The number of aliphatic hydroxyl groups excluding tert-OH is 2. The molecular weight excluding hydrogens is 215 g/mol. The van der Waals surface area contributed by atoms with E-state index in [4.69, 9.17) is 10.2 Å².